The van der Waals surface area contributed by atoms with Gasteiger partial charge in [0.2, 0.25) is 11.8 Å². The number of likely N-dealkylation sites (tertiary alicyclic amines) is 1. The summed E-state index contributed by atoms with van der Waals surface area (Å²) in [6.45, 7) is 2.09. The van der Waals surface area contributed by atoms with E-state index >= 15 is 0 Å². The van der Waals surface area contributed by atoms with Crippen molar-refractivity contribution in [1.82, 2.24) is 4.90 Å². The van der Waals surface area contributed by atoms with Crippen LogP contribution in [0.1, 0.15) is 58.3 Å². The van der Waals surface area contributed by atoms with Crippen molar-refractivity contribution in [3.05, 3.63) is 0 Å². The molecule has 5 heteroatoms. The first-order chi connectivity index (χ1) is 9.01. The lowest BCUT2D eigenvalue weighted by Crippen LogP contribution is -2.62. The molecule has 0 atom stereocenters. The van der Waals surface area contributed by atoms with Crippen LogP contribution in [0.3, 0.4) is 0 Å². The average molecular weight is 267 g/mol. The van der Waals surface area contributed by atoms with Crippen LogP contribution >= 0.6 is 0 Å². The molecule has 0 spiro atoms. The molecule has 1 saturated carbocycles. The molecular weight excluding hydrogens is 246 g/mol. The van der Waals surface area contributed by atoms with Crippen LogP contribution in [0.15, 0.2) is 0 Å². The molecule has 5 nitrogen and oxygen atoms in total. The first-order valence-corrected chi connectivity index (χ1v) is 7.10. The van der Waals surface area contributed by atoms with Gasteiger partial charge in [-0.25, -0.2) is 4.79 Å². The zero-order valence-corrected chi connectivity index (χ0v) is 11.4. The van der Waals surface area contributed by atoms with Crippen LogP contribution in [0.4, 0.5) is 0 Å². The Bertz CT molecular complexity index is 380. The highest BCUT2D eigenvalue weighted by atomic mass is 16.4. The van der Waals surface area contributed by atoms with Crippen LogP contribution in [0.25, 0.3) is 0 Å². The third-order valence-corrected chi connectivity index (χ3v) is 4.62. The van der Waals surface area contributed by atoms with Gasteiger partial charge in [0.05, 0.1) is 0 Å². The van der Waals surface area contributed by atoms with E-state index in [-0.39, 0.29) is 24.7 Å². The SMILES string of the molecule is CCC1CCC(C(=O)O)(N2C(=O)CCCC2=O)CC1. The topological polar surface area (TPSA) is 74.7 Å². The largest absolute Gasteiger partial charge is 0.479 e. The van der Waals surface area contributed by atoms with Gasteiger partial charge in [-0.05, 0) is 38.0 Å². The van der Waals surface area contributed by atoms with Gasteiger partial charge in [-0.3, -0.25) is 14.5 Å². The van der Waals surface area contributed by atoms with Gasteiger partial charge in [0.15, 0.2) is 0 Å². The zero-order chi connectivity index (χ0) is 14.0. The summed E-state index contributed by atoms with van der Waals surface area (Å²) < 4.78 is 0. The van der Waals surface area contributed by atoms with E-state index in [0.717, 1.165) is 24.2 Å². The van der Waals surface area contributed by atoms with Crippen LogP contribution in [-0.2, 0) is 14.4 Å². The highest BCUT2D eigenvalue weighted by Crippen LogP contribution is 2.40. The fourth-order valence-corrected chi connectivity index (χ4v) is 3.33. The molecule has 0 aromatic rings. The zero-order valence-electron chi connectivity index (χ0n) is 11.4. The molecule has 0 radical (unpaired) electrons. The smallest absolute Gasteiger partial charge is 0.330 e. The molecule has 1 heterocycles. The summed E-state index contributed by atoms with van der Waals surface area (Å²) in [6.07, 6.45) is 4.51. The number of piperidine rings is 1. The van der Waals surface area contributed by atoms with Crippen LogP contribution in [0.2, 0.25) is 0 Å². The maximum absolute atomic E-state index is 12.0. The number of carbonyl (C=O) groups is 3. The summed E-state index contributed by atoms with van der Waals surface area (Å²) in [6, 6.07) is 0. The normalized spacial score (nSPS) is 32.5. The predicted molar refractivity (Wildman–Crippen MR) is 68.3 cm³/mol. The predicted octanol–water partition coefficient (Wildman–Crippen LogP) is 1.95. The Morgan fingerprint density at radius 1 is 1.26 bits per heavy atom. The van der Waals surface area contributed by atoms with Gasteiger partial charge in [0.1, 0.15) is 5.54 Å². The first-order valence-electron chi connectivity index (χ1n) is 7.10. The van der Waals surface area contributed by atoms with Crippen LogP contribution in [-0.4, -0.2) is 33.3 Å². The number of imide groups is 1. The minimum Gasteiger partial charge on any atom is -0.479 e. The molecule has 2 amide bonds. The molecule has 106 valence electrons. The summed E-state index contributed by atoms with van der Waals surface area (Å²) in [5.41, 5.74) is -1.28. The fraction of sp³-hybridized carbons (Fsp3) is 0.786. The number of aliphatic carboxylic acids is 1. The molecule has 0 aromatic heterocycles. The van der Waals surface area contributed by atoms with E-state index < -0.39 is 11.5 Å². The van der Waals surface area contributed by atoms with Gasteiger partial charge in [0.25, 0.3) is 0 Å². The average Bonchev–Trinajstić information content (AvgIpc) is 2.39. The summed E-state index contributed by atoms with van der Waals surface area (Å²) in [4.78, 5) is 36.8. The van der Waals surface area contributed by atoms with Crippen molar-refractivity contribution in [3.8, 4) is 0 Å². The van der Waals surface area contributed by atoms with E-state index in [1.165, 1.54) is 0 Å². The van der Waals surface area contributed by atoms with Crippen molar-refractivity contribution < 1.29 is 19.5 Å². The van der Waals surface area contributed by atoms with E-state index in [0.29, 0.717) is 25.2 Å². The van der Waals surface area contributed by atoms with Gasteiger partial charge in [0, 0.05) is 12.8 Å². The number of carboxylic acid groups (broad SMARTS) is 1. The van der Waals surface area contributed by atoms with Crippen molar-refractivity contribution in [3.63, 3.8) is 0 Å². The number of nitrogens with zero attached hydrogens (tertiary/aromatic N) is 1. The Morgan fingerprint density at radius 3 is 2.21 bits per heavy atom. The Kier molecular flexibility index (Phi) is 3.92. The number of amides is 2. The van der Waals surface area contributed by atoms with E-state index in [2.05, 4.69) is 6.92 Å². The van der Waals surface area contributed by atoms with Crippen LogP contribution in [0.5, 0.6) is 0 Å². The Hall–Kier alpha value is -1.39. The minimum atomic E-state index is -1.28. The molecule has 2 aliphatic rings. The molecule has 0 unspecified atom stereocenters. The number of carbonyl (C=O) groups excluding carboxylic acids is 2. The standard InChI is InChI=1S/C14H21NO4/c1-2-10-6-8-14(9-7-10,13(18)19)15-11(16)4-3-5-12(15)17/h10H,2-9H2,1H3,(H,18,19). The second-order valence-corrected chi connectivity index (χ2v) is 5.66. The van der Waals surface area contributed by atoms with Crippen LogP contribution in [0, 0.1) is 5.92 Å². The Balaban J connectivity index is 2.27. The summed E-state index contributed by atoms with van der Waals surface area (Å²) in [7, 11) is 0. The quantitative estimate of drug-likeness (QED) is 0.793. The third kappa shape index (κ3) is 2.38. The maximum atomic E-state index is 12.0. The third-order valence-electron chi connectivity index (χ3n) is 4.62. The van der Waals surface area contributed by atoms with Gasteiger partial charge < -0.3 is 5.11 Å². The monoisotopic (exact) mass is 267 g/mol. The maximum Gasteiger partial charge on any atom is 0.330 e. The Labute approximate surface area is 113 Å². The molecule has 2 fully saturated rings. The second-order valence-electron chi connectivity index (χ2n) is 5.66. The molecule has 1 aliphatic carbocycles. The molecule has 19 heavy (non-hydrogen) atoms. The van der Waals surface area contributed by atoms with Crippen molar-refractivity contribution in [1.29, 1.82) is 0 Å². The van der Waals surface area contributed by atoms with Gasteiger partial charge in [-0.15, -0.1) is 0 Å². The summed E-state index contributed by atoms with van der Waals surface area (Å²) in [5.74, 6) is -1.13. The highest BCUT2D eigenvalue weighted by Gasteiger charge is 2.51. The molecule has 0 bridgehead atoms. The minimum absolute atomic E-state index is 0.290. The number of hydrogen-bond acceptors (Lipinski definition) is 3. The van der Waals surface area contributed by atoms with E-state index in [1.807, 2.05) is 0 Å². The lowest BCUT2D eigenvalue weighted by molar-refractivity contribution is -0.172. The second kappa shape index (κ2) is 5.31. The number of carboxylic acids is 1. The number of rotatable bonds is 3. The molecular formula is C14H21NO4. The van der Waals surface area contributed by atoms with Crippen molar-refractivity contribution in [2.75, 3.05) is 0 Å². The highest BCUT2D eigenvalue weighted by molar-refractivity contribution is 6.02. The number of hydrogen-bond donors (Lipinski definition) is 1. The van der Waals surface area contributed by atoms with Gasteiger partial charge in [-0.2, -0.15) is 0 Å². The van der Waals surface area contributed by atoms with E-state index in [9.17, 15) is 19.5 Å². The summed E-state index contributed by atoms with van der Waals surface area (Å²) >= 11 is 0. The molecule has 1 N–H and O–H groups in total. The van der Waals surface area contributed by atoms with Gasteiger partial charge in [-0.1, -0.05) is 13.3 Å². The molecule has 2 rings (SSSR count). The summed E-state index contributed by atoms with van der Waals surface area (Å²) in [5, 5.41) is 9.59. The fourth-order valence-electron chi connectivity index (χ4n) is 3.33. The van der Waals surface area contributed by atoms with E-state index in [1.54, 1.807) is 0 Å². The lowest BCUT2D eigenvalue weighted by atomic mass is 9.74. The molecule has 1 aliphatic heterocycles. The molecule has 1 saturated heterocycles. The van der Waals surface area contributed by atoms with Crippen molar-refractivity contribution in [2.45, 2.75) is 63.8 Å². The van der Waals surface area contributed by atoms with Crippen molar-refractivity contribution >= 4 is 17.8 Å². The first kappa shape index (κ1) is 14.0. The molecule has 0 aromatic carbocycles. The van der Waals surface area contributed by atoms with Crippen molar-refractivity contribution in [2.24, 2.45) is 5.92 Å². The van der Waals surface area contributed by atoms with Crippen LogP contribution < -0.4 is 0 Å². The van der Waals surface area contributed by atoms with E-state index in [4.69, 9.17) is 0 Å². The Morgan fingerprint density at radius 2 is 1.79 bits per heavy atom. The lowest BCUT2D eigenvalue weighted by Gasteiger charge is -2.44. The van der Waals surface area contributed by atoms with Gasteiger partial charge >= 0.3 is 5.97 Å².